The monoisotopic (exact) mass is 254 g/mol. The summed E-state index contributed by atoms with van der Waals surface area (Å²) < 4.78 is 11.2. The van der Waals surface area contributed by atoms with Gasteiger partial charge in [-0.05, 0) is 36.8 Å². The van der Waals surface area contributed by atoms with Crippen molar-refractivity contribution in [2.24, 2.45) is 0 Å². The molecule has 0 bridgehead atoms. The Hall–Kier alpha value is -2.49. The zero-order valence-corrected chi connectivity index (χ0v) is 10.6. The first-order valence-corrected chi connectivity index (χ1v) is 6.06. The number of aromatic nitrogens is 1. The Morgan fingerprint density at radius 1 is 1.21 bits per heavy atom. The fourth-order valence-electron chi connectivity index (χ4n) is 1.89. The van der Waals surface area contributed by atoms with Crippen molar-refractivity contribution < 1.29 is 9.15 Å². The van der Waals surface area contributed by atoms with Crippen molar-refractivity contribution in [1.29, 1.82) is 0 Å². The highest BCUT2D eigenvalue weighted by Gasteiger charge is 2.07. The number of nitrogens with two attached hydrogens (primary N) is 1. The molecule has 96 valence electrons. The van der Waals surface area contributed by atoms with Crippen LogP contribution in [0, 0.1) is 6.92 Å². The van der Waals surface area contributed by atoms with E-state index in [2.05, 4.69) is 4.98 Å². The average Bonchev–Trinajstić information content (AvgIpc) is 2.79. The van der Waals surface area contributed by atoms with Crippen LogP contribution in [-0.2, 0) is 6.61 Å². The summed E-state index contributed by atoms with van der Waals surface area (Å²) in [7, 11) is 0. The van der Waals surface area contributed by atoms with Crippen molar-refractivity contribution >= 4 is 16.8 Å². The van der Waals surface area contributed by atoms with Crippen LogP contribution in [0.3, 0.4) is 0 Å². The lowest BCUT2D eigenvalue weighted by molar-refractivity contribution is 0.268. The molecule has 0 aliphatic rings. The van der Waals surface area contributed by atoms with Gasteiger partial charge in [-0.2, -0.15) is 0 Å². The van der Waals surface area contributed by atoms with Crippen LogP contribution >= 0.6 is 0 Å². The van der Waals surface area contributed by atoms with Crippen molar-refractivity contribution in [3.05, 3.63) is 53.9 Å². The van der Waals surface area contributed by atoms with Gasteiger partial charge in [0.15, 0.2) is 12.2 Å². The highest BCUT2D eigenvalue weighted by molar-refractivity contribution is 5.73. The minimum absolute atomic E-state index is 0.266. The number of oxazole rings is 1. The molecule has 0 amide bonds. The molecule has 4 nitrogen and oxygen atoms in total. The van der Waals surface area contributed by atoms with Crippen LogP contribution in [0.4, 0.5) is 5.69 Å². The Bertz CT molecular complexity index is 719. The lowest BCUT2D eigenvalue weighted by Crippen LogP contribution is -1.98. The van der Waals surface area contributed by atoms with Crippen LogP contribution in [0.2, 0.25) is 0 Å². The third-order valence-electron chi connectivity index (χ3n) is 2.86. The number of benzene rings is 2. The molecule has 2 aromatic carbocycles. The van der Waals surface area contributed by atoms with Crippen LogP contribution in [0.1, 0.15) is 11.5 Å². The summed E-state index contributed by atoms with van der Waals surface area (Å²) >= 11 is 0. The molecule has 0 saturated heterocycles. The third-order valence-corrected chi connectivity index (χ3v) is 2.86. The van der Waals surface area contributed by atoms with Crippen LogP contribution < -0.4 is 10.5 Å². The molecule has 2 N–H and O–H groups in total. The first-order chi connectivity index (χ1) is 9.22. The van der Waals surface area contributed by atoms with E-state index in [1.165, 1.54) is 0 Å². The summed E-state index contributed by atoms with van der Waals surface area (Å²) in [5.41, 5.74) is 9.17. The van der Waals surface area contributed by atoms with Crippen LogP contribution in [0.15, 0.2) is 46.9 Å². The van der Waals surface area contributed by atoms with Gasteiger partial charge >= 0.3 is 0 Å². The maximum Gasteiger partial charge on any atom is 0.233 e. The van der Waals surface area contributed by atoms with Gasteiger partial charge in [0.05, 0.1) is 5.69 Å². The van der Waals surface area contributed by atoms with Crippen LogP contribution in [-0.4, -0.2) is 4.98 Å². The van der Waals surface area contributed by atoms with Crippen molar-refractivity contribution in [3.8, 4) is 5.75 Å². The molecule has 0 unspecified atom stereocenters. The normalized spacial score (nSPS) is 10.8. The second kappa shape index (κ2) is 4.65. The Balaban J connectivity index is 1.80. The number of ether oxygens (including phenoxy) is 1. The molecule has 3 rings (SSSR count). The van der Waals surface area contributed by atoms with E-state index in [-0.39, 0.29) is 6.61 Å². The molecule has 0 aliphatic carbocycles. The largest absolute Gasteiger partial charge is 0.482 e. The zero-order chi connectivity index (χ0) is 13.2. The molecular weight excluding hydrogens is 240 g/mol. The van der Waals surface area contributed by atoms with Gasteiger partial charge in [0.25, 0.3) is 0 Å². The molecule has 19 heavy (non-hydrogen) atoms. The van der Waals surface area contributed by atoms with E-state index in [0.717, 1.165) is 16.7 Å². The minimum Gasteiger partial charge on any atom is -0.482 e. The summed E-state index contributed by atoms with van der Waals surface area (Å²) in [6.07, 6.45) is 0. The second-order valence-electron chi connectivity index (χ2n) is 4.41. The fraction of sp³-hybridized carbons (Fsp3) is 0.133. The van der Waals surface area contributed by atoms with Crippen LogP contribution in [0.25, 0.3) is 11.1 Å². The Morgan fingerprint density at radius 2 is 2.05 bits per heavy atom. The number of para-hydroxylation sites is 2. The highest BCUT2D eigenvalue weighted by Crippen LogP contribution is 2.22. The number of nitrogens with zero attached hydrogens (tertiary/aromatic N) is 1. The number of aryl methyl sites for hydroxylation is 1. The minimum atomic E-state index is 0.266. The fourth-order valence-corrected chi connectivity index (χ4v) is 1.89. The molecule has 0 spiro atoms. The maximum absolute atomic E-state index is 5.80. The van der Waals surface area contributed by atoms with E-state index in [9.17, 15) is 0 Å². The summed E-state index contributed by atoms with van der Waals surface area (Å²) in [6, 6.07) is 13.3. The predicted octanol–water partition coefficient (Wildman–Crippen LogP) is 3.30. The smallest absolute Gasteiger partial charge is 0.233 e. The van der Waals surface area contributed by atoms with E-state index >= 15 is 0 Å². The summed E-state index contributed by atoms with van der Waals surface area (Å²) in [4.78, 5) is 4.37. The Kier molecular flexibility index (Phi) is 2.83. The molecule has 0 saturated carbocycles. The number of hydrogen-bond donors (Lipinski definition) is 1. The lowest BCUT2D eigenvalue weighted by atomic mass is 10.2. The van der Waals surface area contributed by atoms with Gasteiger partial charge in [0, 0.05) is 0 Å². The van der Waals surface area contributed by atoms with Gasteiger partial charge in [-0.15, -0.1) is 0 Å². The molecule has 1 aromatic heterocycles. The van der Waals surface area contributed by atoms with E-state index in [0.29, 0.717) is 17.3 Å². The van der Waals surface area contributed by atoms with E-state index in [4.69, 9.17) is 14.9 Å². The SMILES string of the molecule is Cc1ccc2nc(COc3ccccc3N)oc2c1. The molecule has 3 aromatic rings. The third kappa shape index (κ3) is 2.38. The lowest BCUT2D eigenvalue weighted by Gasteiger charge is -2.05. The maximum atomic E-state index is 5.80. The molecule has 0 fully saturated rings. The number of fused-ring (bicyclic) bond motifs is 1. The summed E-state index contributed by atoms with van der Waals surface area (Å²) in [5.74, 6) is 1.18. The van der Waals surface area contributed by atoms with Gasteiger partial charge < -0.3 is 14.9 Å². The van der Waals surface area contributed by atoms with Gasteiger partial charge in [-0.25, -0.2) is 4.98 Å². The van der Waals surface area contributed by atoms with Gasteiger partial charge in [0.2, 0.25) is 5.89 Å². The Morgan fingerprint density at radius 3 is 2.89 bits per heavy atom. The topological polar surface area (TPSA) is 61.3 Å². The Labute approximate surface area is 110 Å². The number of anilines is 1. The molecule has 0 radical (unpaired) electrons. The zero-order valence-electron chi connectivity index (χ0n) is 10.6. The van der Waals surface area contributed by atoms with Gasteiger partial charge in [0.1, 0.15) is 11.3 Å². The van der Waals surface area contributed by atoms with Crippen molar-refractivity contribution in [3.63, 3.8) is 0 Å². The molecule has 1 heterocycles. The van der Waals surface area contributed by atoms with Gasteiger partial charge in [-0.1, -0.05) is 18.2 Å². The predicted molar refractivity (Wildman–Crippen MR) is 73.9 cm³/mol. The standard InChI is InChI=1S/C15H14N2O2/c1-10-6-7-12-14(8-10)19-15(17-12)9-18-13-5-3-2-4-11(13)16/h2-8H,9,16H2,1H3. The molecular formula is C15H14N2O2. The molecule has 0 atom stereocenters. The number of hydrogen-bond acceptors (Lipinski definition) is 4. The van der Waals surface area contributed by atoms with Crippen molar-refractivity contribution in [2.75, 3.05) is 5.73 Å². The molecule has 4 heteroatoms. The van der Waals surface area contributed by atoms with Crippen LogP contribution in [0.5, 0.6) is 5.75 Å². The van der Waals surface area contributed by atoms with E-state index in [1.807, 2.05) is 43.3 Å². The summed E-state index contributed by atoms with van der Waals surface area (Å²) in [5, 5.41) is 0. The number of nitrogen functional groups attached to an aromatic ring is 1. The number of rotatable bonds is 3. The molecule has 0 aliphatic heterocycles. The first-order valence-electron chi connectivity index (χ1n) is 6.06. The van der Waals surface area contributed by atoms with E-state index < -0.39 is 0 Å². The van der Waals surface area contributed by atoms with Crippen molar-refractivity contribution in [2.45, 2.75) is 13.5 Å². The van der Waals surface area contributed by atoms with Crippen molar-refractivity contribution in [1.82, 2.24) is 4.98 Å². The first kappa shape index (κ1) is 11.6. The average molecular weight is 254 g/mol. The highest BCUT2D eigenvalue weighted by atomic mass is 16.5. The van der Waals surface area contributed by atoms with E-state index in [1.54, 1.807) is 6.07 Å². The van der Waals surface area contributed by atoms with Gasteiger partial charge in [-0.3, -0.25) is 0 Å². The second-order valence-corrected chi connectivity index (χ2v) is 4.41. The summed E-state index contributed by atoms with van der Waals surface area (Å²) in [6.45, 7) is 2.28. The quantitative estimate of drug-likeness (QED) is 0.728.